The lowest BCUT2D eigenvalue weighted by molar-refractivity contribution is -0.122. The number of hydrogen-bond acceptors (Lipinski definition) is 4. The molecule has 0 radical (unpaired) electrons. The molecule has 0 bridgehead atoms. The molecule has 1 aromatic rings. The average Bonchev–Trinajstić information content (AvgIpc) is 2.50. The van der Waals surface area contributed by atoms with E-state index in [-0.39, 0.29) is 11.8 Å². The summed E-state index contributed by atoms with van der Waals surface area (Å²) in [4.78, 5) is 11.4. The molecule has 0 aliphatic rings. The second-order valence-corrected chi connectivity index (χ2v) is 4.64. The Balaban J connectivity index is 2.33. The van der Waals surface area contributed by atoms with Crippen LogP contribution in [-0.2, 0) is 20.9 Å². The SMILES string of the molecule is CCCOCCOCc1ccc(C(C)C(=O)NN)cc1. The van der Waals surface area contributed by atoms with Crippen molar-refractivity contribution in [3.8, 4) is 0 Å². The predicted molar refractivity (Wildman–Crippen MR) is 78.0 cm³/mol. The first kappa shape index (κ1) is 16.6. The maximum Gasteiger partial charge on any atom is 0.241 e. The topological polar surface area (TPSA) is 73.6 Å². The molecular formula is C15H24N2O3. The fourth-order valence-corrected chi connectivity index (χ4v) is 1.73. The zero-order chi connectivity index (χ0) is 14.8. The van der Waals surface area contributed by atoms with Gasteiger partial charge in [0, 0.05) is 6.61 Å². The van der Waals surface area contributed by atoms with Crippen LogP contribution in [0.2, 0.25) is 0 Å². The Hall–Kier alpha value is -1.43. The van der Waals surface area contributed by atoms with Gasteiger partial charge in [-0.2, -0.15) is 0 Å². The van der Waals surface area contributed by atoms with Gasteiger partial charge in [0.25, 0.3) is 0 Å². The molecule has 0 spiro atoms. The van der Waals surface area contributed by atoms with Crippen molar-refractivity contribution in [2.45, 2.75) is 32.8 Å². The van der Waals surface area contributed by atoms with Crippen LogP contribution in [0.4, 0.5) is 0 Å². The van der Waals surface area contributed by atoms with Crippen LogP contribution in [0, 0.1) is 0 Å². The molecule has 0 aliphatic heterocycles. The average molecular weight is 280 g/mol. The molecule has 0 fully saturated rings. The molecular weight excluding hydrogens is 256 g/mol. The van der Waals surface area contributed by atoms with E-state index in [0.29, 0.717) is 19.8 Å². The normalized spacial score (nSPS) is 12.2. The smallest absolute Gasteiger partial charge is 0.241 e. The van der Waals surface area contributed by atoms with Gasteiger partial charge < -0.3 is 9.47 Å². The largest absolute Gasteiger partial charge is 0.379 e. The van der Waals surface area contributed by atoms with Crippen LogP contribution in [0.15, 0.2) is 24.3 Å². The summed E-state index contributed by atoms with van der Waals surface area (Å²) in [6, 6.07) is 7.77. The van der Waals surface area contributed by atoms with Crippen LogP contribution in [0.25, 0.3) is 0 Å². The number of nitrogens with one attached hydrogen (secondary N) is 1. The standard InChI is InChI=1S/C15H24N2O3/c1-3-8-19-9-10-20-11-13-4-6-14(7-5-13)12(2)15(18)17-16/h4-7,12H,3,8-11,16H2,1-2H3,(H,17,18). The van der Waals surface area contributed by atoms with E-state index >= 15 is 0 Å². The number of hydrazine groups is 1. The molecule has 1 rings (SSSR count). The third kappa shape index (κ3) is 5.69. The van der Waals surface area contributed by atoms with Crippen molar-refractivity contribution in [3.05, 3.63) is 35.4 Å². The Morgan fingerprint density at radius 1 is 1.20 bits per heavy atom. The molecule has 5 nitrogen and oxygen atoms in total. The molecule has 0 aliphatic carbocycles. The Kier molecular flexibility index (Phi) is 7.87. The summed E-state index contributed by atoms with van der Waals surface area (Å²) in [7, 11) is 0. The molecule has 0 heterocycles. The fourth-order valence-electron chi connectivity index (χ4n) is 1.73. The number of hydrogen-bond donors (Lipinski definition) is 2. The fraction of sp³-hybridized carbons (Fsp3) is 0.533. The maximum atomic E-state index is 11.4. The van der Waals surface area contributed by atoms with Crippen LogP contribution < -0.4 is 11.3 Å². The van der Waals surface area contributed by atoms with E-state index in [1.54, 1.807) is 0 Å². The minimum Gasteiger partial charge on any atom is -0.379 e. The highest BCUT2D eigenvalue weighted by Gasteiger charge is 2.13. The van der Waals surface area contributed by atoms with E-state index in [1.165, 1.54) is 0 Å². The van der Waals surface area contributed by atoms with Gasteiger partial charge in [-0.15, -0.1) is 0 Å². The van der Waals surface area contributed by atoms with Crippen molar-refractivity contribution < 1.29 is 14.3 Å². The van der Waals surface area contributed by atoms with Gasteiger partial charge >= 0.3 is 0 Å². The van der Waals surface area contributed by atoms with Crippen molar-refractivity contribution in [1.29, 1.82) is 0 Å². The lowest BCUT2D eigenvalue weighted by Crippen LogP contribution is -2.33. The summed E-state index contributed by atoms with van der Waals surface area (Å²) in [6.07, 6.45) is 1.02. The number of carbonyl (C=O) groups excluding carboxylic acids is 1. The number of ether oxygens (including phenoxy) is 2. The molecule has 0 saturated heterocycles. The van der Waals surface area contributed by atoms with E-state index < -0.39 is 0 Å². The van der Waals surface area contributed by atoms with Crippen LogP contribution in [-0.4, -0.2) is 25.7 Å². The second kappa shape index (κ2) is 9.47. The molecule has 1 atom stereocenters. The summed E-state index contributed by atoms with van der Waals surface area (Å²) in [5, 5.41) is 0. The minimum atomic E-state index is -0.252. The van der Waals surface area contributed by atoms with Gasteiger partial charge in [0.15, 0.2) is 0 Å². The van der Waals surface area contributed by atoms with Gasteiger partial charge in [0.1, 0.15) is 0 Å². The van der Waals surface area contributed by atoms with E-state index in [9.17, 15) is 4.79 Å². The van der Waals surface area contributed by atoms with Crippen LogP contribution >= 0.6 is 0 Å². The summed E-state index contributed by atoms with van der Waals surface area (Å²) < 4.78 is 10.8. The van der Waals surface area contributed by atoms with Crippen LogP contribution in [0.1, 0.15) is 37.3 Å². The first-order valence-electron chi connectivity index (χ1n) is 6.93. The van der Waals surface area contributed by atoms with Gasteiger partial charge in [0.05, 0.1) is 25.7 Å². The van der Waals surface area contributed by atoms with Crippen molar-refractivity contribution in [2.24, 2.45) is 5.84 Å². The number of amides is 1. The van der Waals surface area contributed by atoms with Crippen molar-refractivity contribution in [2.75, 3.05) is 19.8 Å². The Morgan fingerprint density at radius 3 is 2.45 bits per heavy atom. The lowest BCUT2D eigenvalue weighted by atomic mass is 9.99. The van der Waals surface area contributed by atoms with Gasteiger partial charge in [-0.25, -0.2) is 5.84 Å². The summed E-state index contributed by atoms with van der Waals surface area (Å²) in [5.74, 6) is 4.68. The second-order valence-electron chi connectivity index (χ2n) is 4.64. The number of carbonyl (C=O) groups is 1. The third-order valence-corrected chi connectivity index (χ3v) is 3.00. The van der Waals surface area contributed by atoms with E-state index in [1.807, 2.05) is 31.2 Å². The molecule has 0 aromatic heterocycles. The summed E-state index contributed by atoms with van der Waals surface area (Å²) >= 11 is 0. The maximum absolute atomic E-state index is 11.4. The van der Waals surface area contributed by atoms with E-state index in [4.69, 9.17) is 15.3 Å². The molecule has 5 heteroatoms. The molecule has 1 amide bonds. The first-order valence-corrected chi connectivity index (χ1v) is 6.93. The molecule has 1 aromatic carbocycles. The molecule has 3 N–H and O–H groups in total. The van der Waals surface area contributed by atoms with Gasteiger partial charge in [-0.1, -0.05) is 31.2 Å². The Labute approximate surface area is 120 Å². The Morgan fingerprint density at radius 2 is 1.85 bits per heavy atom. The van der Waals surface area contributed by atoms with E-state index in [0.717, 1.165) is 24.2 Å². The van der Waals surface area contributed by atoms with Gasteiger partial charge in [0.2, 0.25) is 5.91 Å². The first-order chi connectivity index (χ1) is 9.69. The van der Waals surface area contributed by atoms with Crippen molar-refractivity contribution in [3.63, 3.8) is 0 Å². The number of rotatable bonds is 9. The van der Waals surface area contributed by atoms with Crippen molar-refractivity contribution >= 4 is 5.91 Å². The van der Waals surface area contributed by atoms with Gasteiger partial charge in [-0.05, 0) is 24.5 Å². The minimum absolute atomic E-state index is 0.193. The Bertz CT molecular complexity index is 393. The monoisotopic (exact) mass is 280 g/mol. The zero-order valence-corrected chi connectivity index (χ0v) is 12.2. The predicted octanol–water partition coefficient (Wildman–Crippen LogP) is 1.72. The number of nitrogens with two attached hydrogens (primary N) is 1. The third-order valence-electron chi connectivity index (χ3n) is 3.00. The highest BCUT2D eigenvalue weighted by molar-refractivity contribution is 5.82. The zero-order valence-electron chi connectivity index (χ0n) is 12.2. The molecule has 112 valence electrons. The van der Waals surface area contributed by atoms with Crippen molar-refractivity contribution in [1.82, 2.24) is 5.43 Å². The molecule has 20 heavy (non-hydrogen) atoms. The molecule has 0 saturated carbocycles. The highest BCUT2D eigenvalue weighted by Crippen LogP contribution is 2.16. The van der Waals surface area contributed by atoms with Crippen LogP contribution in [0.5, 0.6) is 0 Å². The summed E-state index contributed by atoms with van der Waals surface area (Å²) in [6.45, 7) is 6.44. The lowest BCUT2D eigenvalue weighted by Gasteiger charge is -2.11. The number of benzene rings is 1. The molecule has 1 unspecified atom stereocenters. The summed E-state index contributed by atoms with van der Waals surface area (Å²) in [5.41, 5.74) is 4.17. The van der Waals surface area contributed by atoms with Crippen LogP contribution in [0.3, 0.4) is 0 Å². The quantitative estimate of drug-likeness (QED) is 0.313. The van der Waals surface area contributed by atoms with E-state index in [2.05, 4.69) is 12.3 Å². The van der Waals surface area contributed by atoms with Gasteiger partial charge in [-0.3, -0.25) is 10.2 Å². The highest BCUT2D eigenvalue weighted by atomic mass is 16.5.